The number of likely N-dealkylation sites (N-methyl/N-ethyl adjacent to an activating group) is 1. The van der Waals surface area contributed by atoms with Crippen LogP contribution in [0, 0.1) is 0 Å². The molecule has 0 aliphatic heterocycles. The molecule has 0 radical (unpaired) electrons. The van der Waals surface area contributed by atoms with Gasteiger partial charge in [0.2, 0.25) is 5.91 Å². The number of carbonyl (C=O) groups is 1. The zero-order chi connectivity index (χ0) is 11.3. The molecule has 3 N–H and O–H groups in total. The lowest BCUT2D eigenvalue weighted by Crippen LogP contribution is -2.50. The summed E-state index contributed by atoms with van der Waals surface area (Å²) in [5.41, 5.74) is 5.38. The summed E-state index contributed by atoms with van der Waals surface area (Å²) in [4.78, 5) is 13.5. The third-order valence-electron chi connectivity index (χ3n) is 2.79. The summed E-state index contributed by atoms with van der Waals surface area (Å²) in [5, 5.41) is 3.30. The van der Waals surface area contributed by atoms with Gasteiger partial charge in [-0.15, -0.1) is 0 Å². The van der Waals surface area contributed by atoms with Crippen molar-refractivity contribution in [1.29, 1.82) is 0 Å². The molecule has 0 bridgehead atoms. The van der Waals surface area contributed by atoms with Crippen LogP contribution in [0.2, 0.25) is 0 Å². The maximum absolute atomic E-state index is 11.3. The van der Waals surface area contributed by atoms with E-state index in [-0.39, 0.29) is 11.9 Å². The van der Waals surface area contributed by atoms with E-state index in [9.17, 15) is 4.79 Å². The Hall–Kier alpha value is -0.610. The van der Waals surface area contributed by atoms with Crippen LogP contribution in [0.4, 0.5) is 0 Å². The van der Waals surface area contributed by atoms with E-state index in [0.29, 0.717) is 6.04 Å². The predicted octanol–water partition coefficient (Wildman–Crippen LogP) is 0.324. The van der Waals surface area contributed by atoms with Crippen molar-refractivity contribution in [3.8, 4) is 0 Å². The standard InChI is InChI=1S/C11H23N3O/c1-3-7-14(4-2)8-10(11(12)15)13-9-5-6-9/h9-10,13H,3-8H2,1-2H3,(H2,12,15). The smallest absolute Gasteiger partial charge is 0.235 e. The summed E-state index contributed by atoms with van der Waals surface area (Å²) in [7, 11) is 0. The molecule has 1 aliphatic carbocycles. The molecule has 0 aromatic carbocycles. The van der Waals surface area contributed by atoms with Gasteiger partial charge in [-0.05, 0) is 32.4 Å². The van der Waals surface area contributed by atoms with Crippen molar-refractivity contribution in [2.45, 2.75) is 45.2 Å². The zero-order valence-electron chi connectivity index (χ0n) is 9.83. The first-order valence-corrected chi connectivity index (χ1v) is 5.95. The number of primary amides is 1. The number of nitrogens with one attached hydrogen (secondary N) is 1. The Morgan fingerprint density at radius 3 is 2.60 bits per heavy atom. The first kappa shape index (κ1) is 12.5. The fraction of sp³-hybridized carbons (Fsp3) is 0.909. The van der Waals surface area contributed by atoms with Crippen LogP contribution >= 0.6 is 0 Å². The second-order valence-electron chi connectivity index (χ2n) is 4.29. The molecular weight excluding hydrogens is 190 g/mol. The van der Waals surface area contributed by atoms with E-state index in [1.807, 2.05) is 0 Å². The summed E-state index contributed by atoms with van der Waals surface area (Å²) in [5.74, 6) is -0.226. The Labute approximate surface area is 92.2 Å². The first-order chi connectivity index (χ1) is 7.17. The molecular formula is C11H23N3O. The van der Waals surface area contributed by atoms with E-state index in [2.05, 4.69) is 24.1 Å². The largest absolute Gasteiger partial charge is 0.368 e. The lowest BCUT2D eigenvalue weighted by molar-refractivity contribution is -0.120. The van der Waals surface area contributed by atoms with E-state index >= 15 is 0 Å². The minimum atomic E-state index is -0.226. The molecule has 1 rings (SSSR count). The quantitative estimate of drug-likeness (QED) is 0.610. The molecule has 0 saturated heterocycles. The number of hydrogen-bond acceptors (Lipinski definition) is 3. The molecule has 1 fully saturated rings. The van der Waals surface area contributed by atoms with Gasteiger partial charge in [-0.1, -0.05) is 13.8 Å². The van der Waals surface area contributed by atoms with Crippen LogP contribution in [0.5, 0.6) is 0 Å². The van der Waals surface area contributed by atoms with Gasteiger partial charge in [0.15, 0.2) is 0 Å². The Balaban J connectivity index is 2.36. The lowest BCUT2D eigenvalue weighted by Gasteiger charge is -2.24. The topological polar surface area (TPSA) is 58.4 Å². The minimum absolute atomic E-state index is 0.177. The van der Waals surface area contributed by atoms with Crippen molar-refractivity contribution in [3.05, 3.63) is 0 Å². The van der Waals surface area contributed by atoms with Crippen molar-refractivity contribution >= 4 is 5.91 Å². The third-order valence-corrected chi connectivity index (χ3v) is 2.79. The van der Waals surface area contributed by atoms with Crippen molar-refractivity contribution < 1.29 is 4.79 Å². The molecule has 1 unspecified atom stereocenters. The van der Waals surface area contributed by atoms with Gasteiger partial charge in [-0.3, -0.25) is 4.79 Å². The van der Waals surface area contributed by atoms with E-state index in [0.717, 1.165) is 26.1 Å². The van der Waals surface area contributed by atoms with E-state index in [1.165, 1.54) is 12.8 Å². The van der Waals surface area contributed by atoms with Gasteiger partial charge in [0, 0.05) is 12.6 Å². The number of carbonyl (C=O) groups excluding carboxylic acids is 1. The second kappa shape index (κ2) is 6.08. The molecule has 1 amide bonds. The lowest BCUT2D eigenvalue weighted by atomic mass is 10.2. The van der Waals surface area contributed by atoms with Gasteiger partial charge in [0.1, 0.15) is 0 Å². The highest BCUT2D eigenvalue weighted by Crippen LogP contribution is 2.19. The van der Waals surface area contributed by atoms with Crippen LogP contribution < -0.4 is 11.1 Å². The van der Waals surface area contributed by atoms with Gasteiger partial charge in [0.25, 0.3) is 0 Å². The summed E-state index contributed by atoms with van der Waals surface area (Å²) in [6, 6.07) is 0.354. The monoisotopic (exact) mass is 213 g/mol. The Morgan fingerprint density at radius 1 is 1.53 bits per heavy atom. The van der Waals surface area contributed by atoms with Crippen molar-refractivity contribution in [2.24, 2.45) is 5.73 Å². The van der Waals surface area contributed by atoms with Crippen molar-refractivity contribution in [3.63, 3.8) is 0 Å². The fourth-order valence-electron chi connectivity index (χ4n) is 1.71. The second-order valence-corrected chi connectivity index (χ2v) is 4.29. The van der Waals surface area contributed by atoms with Crippen LogP contribution in [0.15, 0.2) is 0 Å². The van der Waals surface area contributed by atoms with E-state index in [4.69, 9.17) is 5.73 Å². The van der Waals surface area contributed by atoms with E-state index in [1.54, 1.807) is 0 Å². The van der Waals surface area contributed by atoms with Gasteiger partial charge in [0.05, 0.1) is 6.04 Å². The van der Waals surface area contributed by atoms with Crippen molar-refractivity contribution in [2.75, 3.05) is 19.6 Å². The molecule has 88 valence electrons. The number of nitrogens with two attached hydrogens (primary N) is 1. The normalized spacial score (nSPS) is 18.1. The highest BCUT2D eigenvalue weighted by atomic mass is 16.1. The number of nitrogens with zero attached hydrogens (tertiary/aromatic N) is 1. The summed E-state index contributed by atoms with van der Waals surface area (Å²) in [6.07, 6.45) is 3.48. The van der Waals surface area contributed by atoms with Gasteiger partial charge >= 0.3 is 0 Å². The third kappa shape index (κ3) is 4.62. The molecule has 1 saturated carbocycles. The van der Waals surface area contributed by atoms with Gasteiger partial charge in [-0.25, -0.2) is 0 Å². The summed E-state index contributed by atoms with van der Waals surface area (Å²) < 4.78 is 0. The fourth-order valence-corrected chi connectivity index (χ4v) is 1.71. The average molecular weight is 213 g/mol. The first-order valence-electron chi connectivity index (χ1n) is 5.95. The number of hydrogen-bond donors (Lipinski definition) is 2. The summed E-state index contributed by atoms with van der Waals surface area (Å²) in [6.45, 7) is 7.02. The van der Waals surface area contributed by atoms with Crippen LogP contribution in [-0.2, 0) is 4.79 Å². The zero-order valence-corrected chi connectivity index (χ0v) is 9.83. The molecule has 1 aliphatic rings. The Morgan fingerprint density at radius 2 is 2.20 bits per heavy atom. The van der Waals surface area contributed by atoms with Crippen LogP contribution in [0.3, 0.4) is 0 Å². The Kier molecular flexibility index (Phi) is 5.05. The molecule has 4 nitrogen and oxygen atoms in total. The summed E-state index contributed by atoms with van der Waals surface area (Å²) >= 11 is 0. The number of rotatable bonds is 8. The molecule has 0 spiro atoms. The van der Waals surface area contributed by atoms with Gasteiger partial charge < -0.3 is 16.0 Å². The SMILES string of the molecule is CCCN(CC)CC(NC1CC1)C(N)=O. The number of amides is 1. The molecule has 0 aromatic rings. The molecule has 4 heteroatoms. The molecule has 0 aromatic heterocycles. The highest BCUT2D eigenvalue weighted by molar-refractivity contribution is 5.80. The van der Waals surface area contributed by atoms with E-state index < -0.39 is 0 Å². The highest BCUT2D eigenvalue weighted by Gasteiger charge is 2.27. The van der Waals surface area contributed by atoms with Crippen LogP contribution in [0.25, 0.3) is 0 Å². The minimum Gasteiger partial charge on any atom is -0.368 e. The van der Waals surface area contributed by atoms with Crippen LogP contribution in [0.1, 0.15) is 33.1 Å². The van der Waals surface area contributed by atoms with Crippen molar-refractivity contribution in [1.82, 2.24) is 10.2 Å². The average Bonchev–Trinajstić information content (AvgIpc) is 2.99. The maximum Gasteiger partial charge on any atom is 0.235 e. The van der Waals surface area contributed by atoms with Crippen LogP contribution in [-0.4, -0.2) is 42.5 Å². The molecule has 1 atom stereocenters. The predicted molar refractivity (Wildman–Crippen MR) is 61.5 cm³/mol. The Bertz CT molecular complexity index is 204. The molecule has 0 heterocycles. The molecule has 15 heavy (non-hydrogen) atoms. The maximum atomic E-state index is 11.3. The van der Waals surface area contributed by atoms with Gasteiger partial charge in [-0.2, -0.15) is 0 Å².